The average Bonchev–Trinajstić information content (AvgIpc) is 2.57. The van der Waals surface area contributed by atoms with Crippen LogP contribution in [-0.2, 0) is 4.79 Å². The topological polar surface area (TPSA) is 35.6 Å². The highest BCUT2D eigenvalue weighted by Gasteiger charge is 2.51. The third-order valence-corrected chi connectivity index (χ3v) is 6.89. The van der Waals surface area contributed by atoms with Gasteiger partial charge in [0.25, 0.3) is 0 Å². The molecule has 26 heavy (non-hydrogen) atoms. The molecule has 1 amide bonds. The minimum Gasteiger partial charge on any atom is -0.337 e. The maximum atomic E-state index is 13.1. The minimum atomic E-state index is 0.0478. The van der Waals surface area contributed by atoms with Gasteiger partial charge in [0.2, 0.25) is 5.91 Å². The molecular formula is C22H39N3O. The second kappa shape index (κ2) is 7.63. The summed E-state index contributed by atoms with van der Waals surface area (Å²) in [5.41, 5.74) is 2.01. The van der Waals surface area contributed by atoms with Crippen LogP contribution in [0.25, 0.3) is 0 Å². The van der Waals surface area contributed by atoms with E-state index in [2.05, 4.69) is 55.8 Å². The molecule has 0 aromatic rings. The Morgan fingerprint density at radius 1 is 1.31 bits per heavy atom. The predicted octanol–water partition coefficient (Wildman–Crippen LogP) is 3.15. The van der Waals surface area contributed by atoms with Gasteiger partial charge in [-0.2, -0.15) is 0 Å². The number of allylic oxidation sites excluding steroid dienone is 1. The molecule has 0 radical (unpaired) electrons. The summed E-state index contributed by atoms with van der Waals surface area (Å²) in [5, 5.41) is 3.41. The Bertz CT molecular complexity index is 540. The number of carbonyl (C=O) groups excluding carboxylic acids is 1. The van der Waals surface area contributed by atoms with Crippen LogP contribution >= 0.6 is 0 Å². The largest absolute Gasteiger partial charge is 0.337 e. The molecule has 4 heteroatoms. The van der Waals surface area contributed by atoms with Gasteiger partial charge in [0.1, 0.15) is 0 Å². The third kappa shape index (κ3) is 4.51. The molecule has 2 fully saturated rings. The maximum Gasteiger partial charge on any atom is 0.223 e. The molecule has 1 aliphatic heterocycles. The van der Waals surface area contributed by atoms with Gasteiger partial charge in [0.05, 0.1) is 0 Å². The van der Waals surface area contributed by atoms with Crippen LogP contribution in [0.3, 0.4) is 0 Å². The molecule has 4 rings (SSSR count). The van der Waals surface area contributed by atoms with E-state index in [9.17, 15) is 4.79 Å². The molecule has 0 unspecified atom stereocenters. The highest BCUT2D eigenvalue weighted by Crippen LogP contribution is 2.59. The van der Waals surface area contributed by atoms with E-state index in [1.54, 1.807) is 0 Å². The maximum absolute atomic E-state index is 13.1. The molecule has 0 aromatic carbocycles. The third-order valence-electron chi connectivity index (χ3n) is 6.89. The molecule has 1 saturated carbocycles. The first-order valence-corrected chi connectivity index (χ1v) is 10.6. The Morgan fingerprint density at radius 3 is 2.58 bits per heavy atom. The molecule has 1 N–H and O–H groups in total. The van der Waals surface area contributed by atoms with Crippen LogP contribution in [0.5, 0.6) is 0 Å². The molecule has 2 atom stereocenters. The van der Waals surface area contributed by atoms with Gasteiger partial charge in [-0.05, 0) is 35.5 Å². The van der Waals surface area contributed by atoms with Gasteiger partial charge in [-0.25, -0.2) is 0 Å². The lowest BCUT2D eigenvalue weighted by molar-refractivity contribution is -0.133. The fourth-order valence-corrected chi connectivity index (χ4v) is 4.93. The van der Waals surface area contributed by atoms with Gasteiger partial charge in [-0.1, -0.05) is 46.3 Å². The first kappa shape index (κ1) is 19.9. The van der Waals surface area contributed by atoms with Crippen LogP contribution in [0.1, 0.15) is 53.9 Å². The zero-order chi connectivity index (χ0) is 18.9. The highest BCUT2D eigenvalue weighted by molar-refractivity contribution is 5.77. The Hall–Kier alpha value is -0.870. The van der Waals surface area contributed by atoms with E-state index in [1.165, 1.54) is 18.4 Å². The van der Waals surface area contributed by atoms with Crippen molar-refractivity contribution in [3.8, 4) is 0 Å². The fourth-order valence-electron chi connectivity index (χ4n) is 4.93. The van der Waals surface area contributed by atoms with Gasteiger partial charge in [0, 0.05) is 52.2 Å². The smallest absolute Gasteiger partial charge is 0.223 e. The predicted molar refractivity (Wildman–Crippen MR) is 108 cm³/mol. The summed E-state index contributed by atoms with van der Waals surface area (Å²) in [6.07, 6.45) is 5.63. The van der Waals surface area contributed by atoms with E-state index >= 15 is 0 Å². The molecular weight excluding hydrogens is 322 g/mol. The van der Waals surface area contributed by atoms with Gasteiger partial charge in [-0.3, -0.25) is 9.69 Å². The molecule has 0 spiro atoms. The van der Waals surface area contributed by atoms with Crippen molar-refractivity contribution in [1.29, 1.82) is 0 Å². The number of nitrogens with zero attached hydrogens (tertiary/aromatic N) is 2. The average molecular weight is 362 g/mol. The monoisotopic (exact) mass is 361 g/mol. The van der Waals surface area contributed by atoms with Crippen molar-refractivity contribution in [2.24, 2.45) is 22.7 Å². The summed E-state index contributed by atoms with van der Waals surface area (Å²) in [6.45, 7) is 18.4. The van der Waals surface area contributed by atoms with Gasteiger partial charge >= 0.3 is 0 Å². The van der Waals surface area contributed by atoms with Gasteiger partial charge in [0.15, 0.2) is 0 Å². The van der Waals surface area contributed by atoms with Crippen molar-refractivity contribution < 1.29 is 4.79 Å². The van der Waals surface area contributed by atoms with Gasteiger partial charge in [-0.15, -0.1) is 0 Å². The molecule has 4 nitrogen and oxygen atoms in total. The lowest BCUT2D eigenvalue weighted by Gasteiger charge is -2.57. The summed E-state index contributed by atoms with van der Waals surface area (Å²) in [7, 11) is 0. The van der Waals surface area contributed by atoms with Crippen LogP contribution in [0.2, 0.25) is 0 Å². The lowest BCUT2D eigenvalue weighted by atomic mass is 9.49. The SMILES string of the molecule is CC(C)(C)CC(=O)N(CCN1CCNCC1)CC1=CC[C@@H]2C[C@H]1C2(C)C. The second-order valence-corrected chi connectivity index (χ2v) is 10.5. The molecule has 148 valence electrons. The summed E-state index contributed by atoms with van der Waals surface area (Å²) in [6, 6.07) is 0. The van der Waals surface area contributed by atoms with E-state index in [0.29, 0.717) is 23.7 Å². The number of piperazine rings is 1. The quantitative estimate of drug-likeness (QED) is 0.738. The van der Waals surface area contributed by atoms with Gasteiger partial charge < -0.3 is 10.2 Å². The zero-order valence-corrected chi connectivity index (χ0v) is 17.6. The molecule has 3 aliphatic carbocycles. The normalized spacial score (nSPS) is 28.3. The van der Waals surface area contributed by atoms with Crippen molar-refractivity contribution >= 4 is 5.91 Å². The van der Waals surface area contributed by atoms with Crippen LogP contribution in [-0.4, -0.2) is 61.5 Å². The van der Waals surface area contributed by atoms with E-state index in [1.807, 2.05) is 0 Å². The van der Waals surface area contributed by atoms with Crippen molar-refractivity contribution in [2.45, 2.75) is 53.9 Å². The van der Waals surface area contributed by atoms with Crippen LogP contribution in [0.15, 0.2) is 11.6 Å². The zero-order valence-electron chi connectivity index (χ0n) is 17.6. The number of carbonyl (C=O) groups is 1. The number of nitrogens with one attached hydrogen (secondary N) is 1. The summed E-state index contributed by atoms with van der Waals surface area (Å²) in [4.78, 5) is 17.7. The summed E-state index contributed by atoms with van der Waals surface area (Å²) < 4.78 is 0. The number of amides is 1. The first-order valence-electron chi connectivity index (χ1n) is 10.6. The van der Waals surface area contributed by atoms with Crippen LogP contribution in [0.4, 0.5) is 0 Å². The van der Waals surface area contributed by atoms with Crippen molar-refractivity contribution in [3.63, 3.8) is 0 Å². The van der Waals surface area contributed by atoms with E-state index < -0.39 is 0 Å². The number of hydrogen-bond donors (Lipinski definition) is 1. The Labute approximate surface area is 160 Å². The second-order valence-electron chi connectivity index (χ2n) is 10.5. The van der Waals surface area contributed by atoms with E-state index in [0.717, 1.165) is 51.7 Å². The first-order chi connectivity index (χ1) is 12.2. The van der Waals surface area contributed by atoms with Crippen molar-refractivity contribution in [3.05, 3.63) is 11.6 Å². The molecule has 1 saturated heterocycles. The molecule has 2 bridgehead atoms. The Morgan fingerprint density at radius 2 is 2.00 bits per heavy atom. The van der Waals surface area contributed by atoms with E-state index in [4.69, 9.17) is 0 Å². The fraction of sp³-hybridized carbons (Fsp3) is 0.864. The number of rotatable bonds is 6. The number of fused-ring (bicyclic) bond motifs is 1. The number of hydrogen-bond acceptors (Lipinski definition) is 3. The standard InChI is InChI=1S/C22H39N3O/c1-21(2,3)15-20(26)25(13-12-24-10-8-23-9-11-24)16-17-6-7-18-14-19(17)22(18,4)5/h6,18-19,23H,7-16H2,1-5H3/t18-,19-/m1/s1. The highest BCUT2D eigenvalue weighted by atomic mass is 16.2. The Kier molecular flexibility index (Phi) is 5.83. The summed E-state index contributed by atoms with van der Waals surface area (Å²) >= 11 is 0. The van der Waals surface area contributed by atoms with Crippen molar-refractivity contribution in [1.82, 2.24) is 15.1 Å². The summed E-state index contributed by atoms with van der Waals surface area (Å²) in [5.74, 6) is 1.87. The molecule has 1 heterocycles. The van der Waals surface area contributed by atoms with E-state index in [-0.39, 0.29) is 5.41 Å². The van der Waals surface area contributed by atoms with Crippen molar-refractivity contribution in [2.75, 3.05) is 45.8 Å². The van der Waals surface area contributed by atoms with Crippen LogP contribution < -0.4 is 5.32 Å². The molecule has 4 aliphatic rings. The molecule has 0 aromatic heterocycles. The Balaban J connectivity index is 1.64. The van der Waals surface area contributed by atoms with Crippen LogP contribution in [0, 0.1) is 22.7 Å². The lowest BCUT2D eigenvalue weighted by Crippen LogP contribution is -2.51. The minimum absolute atomic E-state index is 0.0478.